The van der Waals surface area contributed by atoms with Gasteiger partial charge in [-0.15, -0.1) is 0 Å². The molecule has 0 nitrogen and oxygen atoms in total. The van der Waals surface area contributed by atoms with Gasteiger partial charge in [0.15, 0.2) is 0 Å². The number of fused-ring (bicyclic) bond motifs is 4. The van der Waals surface area contributed by atoms with Gasteiger partial charge in [0.25, 0.3) is 0 Å². The average molecular weight is 395 g/mol. The van der Waals surface area contributed by atoms with E-state index in [0.29, 0.717) is 0 Å². The van der Waals surface area contributed by atoms with Crippen LogP contribution in [0.3, 0.4) is 0 Å². The lowest BCUT2D eigenvalue weighted by atomic mass is 9.88. The van der Waals surface area contributed by atoms with Gasteiger partial charge in [-0.3, -0.25) is 0 Å². The maximum absolute atomic E-state index is 2.34. The molecule has 0 amide bonds. The number of hydrogen-bond acceptors (Lipinski definition) is 0. The van der Waals surface area contributed by atoms with Crippen LogP contribution in [0.25, 0.3) is 54.6 Å². The fourth-order valence-electron chi connectivity index (χ4n) is 4.72. The van der Waals surface area contributed by atoms with E-state index in [-0.39, 0.29) is 0 Å². The largest absolute Gasteiger partial charge is 0.0616 e. The molecule has 0 N–H and O–H groups in total. The molecule has 0 saturated heterocycles. The Morgan fingerprint density at radius 2 is 1.00 bits per heavy atom. The van der Waals surface area contributed by atoms with Gasteiger partial charge in [-0.05, 0) is 67.6 Å². The summed E-state index contributed by atoms with van der Waals surface area (Å²) in [5.74, 6) is 0. The highest BCUT2D eigenvalue weighted by atomic mass is 14.2. The fourth-order valence-corrected chi connectivity index (χ4v) is 4.72. The quantitative estimate of drug-likeness (QED) is 0.257. The smallest absolute Gasteiger partial charge is 0.00268 e. The predicted molar refractivity (Wildman–Crippen MR) is 135 cm³/mol. The Labute approximate surface area is 182 Å². The highest BCUT2D eigenvalue weighted by Gasteiger charge is 2.13. The number of aryl methyl sites for hydroxylation is 1. The molecule has 6 aromatic rings. The third-order valence-corrected chi connectivity index (χ3v) is 6.33. The molecule has 0 heterocycles. The lowest BCUT2D eigenvalue weighted by Gasteiger charge is -2.15. The molecule has 31 heavy (non-hydrogen) atoms. The third kappa shape index (κ3) is 3.00. The minimum absolute atomic E-state index is 1.25. The average Bonchev–Trinajstić information content (AvgIpc) is 2.83. The van der Waals surface area contributed by atoms with Gasteiger partial charge in [-0.2, -0.15) is 0 Å². The minimum atomic E-state index is 1.25. The minimum Gasteiger partial charge on any atom is -0.0616 e. The molecule has 146 valence electrons. The van der Waals surface area contributed by atoms with Gasteiger partial charge in [-0.1, -0.05) is 115 Å². The molecule has 0 saturated carbocycles. The third-order valence-electron chi connectivity index (χ3n) is 6.33. The number of benzene rings is 6. The lowest BCUT2D eigenvalue weighted by Crippen LogP contribution is -1.89. The van der Waals surface area contributed by atoms with Crippen molar-refractivity contribution in [2.75, 3.05) is 0 Å². The summed E-state index contributed by atoms with van der Waals surface area (Å²) in [6, 6.07) is 42.1. The van der Waals surface area contributed by atoms with Crippen molar-refractivity contribution in [3.8, 4) is 22.3 Å². The van der Waals surface area contributed by atoms with Crippen LogP contribution in [-0.2, 0) is 0 Å². The van der Waals surface area contributed by atoms with Crippen molar-refractivity contribution in [3.63, 3.8) is 0 Å². The van der Waals surface area contributed by atoms with Gasteiger partial charge < -0.3 is 0 Å². The van der Waals surface area contributed by atoms with E-state index in [2.05, 4.69) is 122 Å². The van der Waals surface area contributed by atoms with Crippen molar-refractivity contribution in [2.24, 2.45) is 0 Å². The van der Waals surface area contributed by atoms with Crippen molar-refractivity contribution in [3.05, 3.63) is 121 Å². The molecule has 0 aliphatic heterocycles. The molecule has 0 atom stereocenters. The van der Waals surface area contributed by atoms with Gasteiger partial charge in [0.1, 0.15) is 0 Å². The van der Waals surface area contributed by atoms with Crippen LogP contribution in [0.15, 0.2) is 115 Å². The zero-order chi connectivity index (χ0) is 20.8. The van der Waals surface area contributed by atoms with Gasteiger partial charge in [0, 0.05) is 0 Å². The van der Waals surface area contributed by atoms with Crippen molar-refractivity contribution < 1.29 is 0 Å². The van der Waals surface area contributed by atoms with Gasteiger partial charge in [0.05, 0.1) is 0 Å². The Balaban J connectivity index is 1.64. The van der Waals surface area contributed by atoms with E-state index >= 15 is 0 Å². The summed E-state index contributed by atoms with van der Waals surface area (Å²) in [6.45, 7) is 2.14. The maximum atomic E-state index is 2.34. The second kappa shape index (κ2) is 7.11. The molecule has 0 fully saturated rings. The SMILES string of the molecule is Cc1ccc(-c2c(-c3ccc4c(ccc5ccccc54)c3)ccc3ccccc23)cc1. The maximum Gasteiger partial charge on any atom is -0.00268 e. The fraction of sp³-hybridized carbons (Fsp3) is 0.0323. The molecule has 0 unspecified atom stereocenters. The van der Waals surface area contributed by atoms with Crippen LogP contribution < -0.4 is 0 Å². The predicted octanol–water partition coefficient (Wildman–Crippen LogP) is 8.79. The molecular formula is C31H22. The van der Waals surface area contributed by atoms with Crippen molar-refractivity contribution in [2.45, 2.75) is 6.92 Å². The summed E-state index contributed by atoms with van der Waals surface area (Å²) in [4.78, 5) is 0. The topological polar surface area (TPSA) is 0 Å². The van der Waals surface area contributed by atoms with E-state index in [9.17, 15) is 0 Å². The molecule has 0 aliphatic carbocycles. The zero-order valence-electron chi connectivity index (χ0n) is 17.5. The van der Waals surface area contributed by atoms with E-state index in [4.69, 9.17) is 0 Å². The van der Waals surface area contributed by atoms with Crippen LogP contribution in [0, 0.1) is 6.92 Å². The molecule has 0 aromatic heterocycles. The summed E-state index contributed by atoms with van der Waals surface area (Å²) >= 11 is 0. The molecule has 0 bridgehead atoms. The van der Waals surface area contributed by atoms with E-state index < -0.39 is 0 Å². The van der Waals surface area contributed by atoms with Crippen molar-refractivity contribution >= 4 is 32.3 Å². The first-order chi connectivity index (χ1) is 15.3. The summed E-state index contributed by atoms with van der Waals surface area (Å²) in [7, 11) is 0. The Morgan fingerprint density at radius 3 is 1.81 bits per heavy atom. The standard InChI is InChI=1S/C31H22/c1-21-10-12-24(13-11-21)31-29-9-5-3-7-23(29)16-19-30(31)26-17-18-28-25(20-26)15-14-22-6-2-4-8-27(22)28/h2-20H,1H3. The van der Waals surface area contributed by atoms with Crippen LogP contribution in [0.4, 0.5) is 0 Å². The zero-order valence-corrected chi connectivity index (χ0v) is 17.5. The molecule has 6 rings (SSSR count). The van der Waals surface area contributed by atoms with Gasteiger partial charge in [-0.25, -0.2) is 0 Å². The van der Waals surface area contributed by atoms with Crippen LogP contribution in [0.2, 0.25) is 0 Å². The molecule has 0 spiro atoms. The van der Waals surface area contributed by atoms with E-state index in [1.807, 2.05) is 0 Å². The molecule has 6 aromatic carbocycles. The van der Waals surface area contributed by atoms with Crippen molar-refractivity contribution in [1.82, 2.24) is 0 Å². The molecule has 0 aliphatic rings. The lowest BCUT2D eigenvalue weighted by molar-refractivity contribution is 1.47. The van der Waals surface area contributed by atoms with Gasteiger partial charge >= 0.3 is 0 Å². The highest BCUT2D eigenvalue weighted by molar-refractivity contribution is 6.10. The summed E-state index contributed by atoms with van der Waals surface area (Å²) in [6.07, 6.45) is 0. The normalized spacial score (nSPS) is 11.4. The Kier molecular flexibility index (Phi) is 4.11. The number of rotatable bonds is 2. The van der Waals surface area contributed by atoms with E-state index in [0.717, 1.165) is 0 Å². The van der Waals surface area contributed by atoms with E-state index in [1.54, 1.807) is 0 Å². The van der Waals surface area contributed by atoms with E-state index in [1.165, 1.54) is 60.1 Å². The number of hydrogen-bond donors (Lipinski definition) is 0. The first-order valence-electron chi connectivity index (χ1n) is 10.8. The first-order valence-corrected chi connectivity index (χ1v) is 10.8. The van der Waals surface area contributed by atoms with Gasteiger partial charge in [0.2, 0.25) is 0 Å². The Bertz CT molecular complexity index is 1570. The van der Waals surface area contributed by atoms with Crippen molar-refractivity contribution in [1.29, 1.82) is 0 Å². The first kappa shape index (κ1) is 17.9. The Morgan fingerprint density at radius 1 is 0.419 bits per heavy atom. The second-order valence-electron chi connectivity index (χ2n) is 8.30. The second-order valence-corrected chi connectivity index (χ2v) is 8.30. The molecule has 0 heteroatoms. The summed E-state index contributed by atoms with van der Waals surface area (Å²) in [5, 5.41) is 7.74. The summed E-state index contributed by atoms with van der Waals surface area (Å²) in [5.41, 5.74) is 6.37. The Hall–Kier alpha value is -3.90. The highest BCUT2D eigenvalue weighted by Crippen LogP contribution is 2.39. The molecular weight excluding hydrogens is 372 g/mol. The molecule has 0 radical (unpaired) electrons. The van der Waals surface area contributed by atoms with Crippen LogP contribution in [-0.4, -0.2) is 0 Å². The summed E-state index contributed by atoms with van der Waals surface area (Å²) < 4.78 is 0. The van der Waals surface area contributed by atoms with Crippen LogP contribution in [0.5, 0.6) is 0 Å². The van der Waals surface area contributed by atoms with Crippen LogP contribution in [0.1, 0.15) is 5.56 Å². The monoisotopic (exact) mass is 394 g/mol. The van der Waals surface area contributed by atoms with Crippen LogP contribution >= 0.6 is 0 Å².